The number of nitrogens with one attached hydrogen (secondary N) is 1. The molecule has 1 aromatic carbocycles. The molecular formula is C27H27N5O3S. The third-order valence-electron chi connectivity index (χ3n) is 5.42. The van der Waals surface area contributed by atoms with Crippen molar-refractivity contribution in [2.75, 3.05) is 11.3 Å². The Bertz CT molecular complexity index is 1450. The van der Waals surface area contributed by atoms with E-state index < -0.39 is 10.0 Å². The van der Waals surface area contributed by atoms with Gasteiger partial charge < -0.3 is 4.74 Å². The molecule has 4 aromatic rings. The first kappa shape index (κ1) is 25.0. The zero-order valence-electron chi connectivity index (χ0n) is 20.3. The number of hydrogen-bond acceptors (Lipinski definition) is 7. The molecule has 36 heavy (non-hydrogen) atoms. The van der Waals surface area contributed by atoms with Crippen molar-refractivity contribution >= 4 is 15.8 Å². The second-order valence-electron chi connectivity index (χ2n) is 8.47. The quantitative estimate of drug-likeness (QED) is 0.306. The summed E-state index contributed by atoms with van der Waals surface area (Å²) in [4.78, 5) is 17.4. The van der Waals surface area contributed by atoms with E-state index in [-0.39, 0.29) is 35.1 Å². The Morgan fingerprint density at radius 2 is 1.72 bits per heavy atom. The summed E-state index contributed by atoms with van der Waals surface area (Å²) in [5.41, 5.74) is 3.76. The van der Waals surface area contributed by atoms with Crippen LogP contribution in [0.5, 0.6) is 5.88 Å². The van der Waals surface area contributed by atoms with Gasteiger partial charge in [0.15, 0.2) is 16.7 Å². The molecule has 0 saturated heterocycles. The van der Waals surface area contributed by atoms with Crippen LogP contribution < -0.4 is 9.46 Å². The van der Waals surface area contributed by atoms with Gasteiger partial charge in [0.05, 0.1) is 5.56 Å². The van der Waals surface area contributed by atoms with Crippen molar-refractivity contribution < 1.29 is 13.2 Å². The Kier molecular flexibility index (Phi) is 7.40. The highest BCUT2D eigenvalue weighted by molar-refractivity contribution is 7.92. The molecule has 0 atom stereocenters. The lowest BCUT2D eigenvalue weighted by Gasteiger charge is -2.17. The summed E-state index contributed by atoms with van der Waals surface area (Å²) in [6.45, 7) is 9.90. The Morgan fingerprint density at radius 1 is 1.00 bits per heavy atom. The summed E-state index contributed by atoms with van der Waals surface area (Å²) < 4.78 is 35.3. The minimum absolute atomic E-state index is 0.0782. The fourth-order valence-corrected chi connectivity index (χ4v) is 4.38. The summed E-state index contributed by atoms with van der Waals surface area (Å²) in [5, 5.41) is -0.112. The highest BCUT2D eigenvalue weighted by Gasteiger charge is 2.24. The molecule has 0 saturated carbocycles. The van der Waals surface area contributed by atoms with Crippen LogP contribution in [0.4, 0.5) is 5.82 Å². The summed E-state index contributed by atoms with van der Waals surface area (Å²) >= 11 is 0. The summed E-state index contributed by atoms with van der Waals surface area (Å²) in [6, 6.07) is 14.3. The van der Waals surface area contributed by atoms with Crippen molar-refractivity contribution in [1.82, 2.24) is 19.9 Å². The fourth-order valence-electron chi connectivity index (χ4n) is 3.44. The van der Waals surface area contributed by atoms with Crippen molar-refractivity contribution in [3.8, 4) is 28.4 Å². The molecule has 184 valence electrons. The molecule has 3 aromatic heterocycles. The Hall–Kier alpha value is -4.11. The maximum atomic E-state index is 13.4. The molecular weight excluding hydrogens is 474 g/mol. The Labute approximate surface area is 211 Å². The predicted octanol–water partition coefficient (Wildman–Crippen LogP) is 5.40. The Balaban J connectivity index is 1.89. The number of hydrogen-bond donors (Lipinski definition) is 1. The molecule has 0 aliphatic carbocycles. The van der Waals surface area contributed by atoms with Crippen LogP contribution in [0.15, 0.2) is 84.8 Å². The van der Waals surface area contributed by atoms with Crippen molar-refractivity contribution in [2.24, 2.45) is 0 Å². The standard InChI is InChI=1S/C27H27N5O3S/c1-5-16-35-27-24(20-8-6-19(4)7-9-20)26(30-25(31-27)21-12-14-28-15-13-21)32-36(33,34)23-11-10-22(17-29-23)18(2)3/h5-15,17-18H,1,16H2,2-4H3,(H,30,31,32). The summed E-state index contributed by atoms with van der Waals surface area (Å²) in [5.74, 6) is 0.814. The smallest absolute Gasteiger partial charge is 0.280 e. The van der Waals surface area contributed by atoms with E-state index in [1.165, 1.54) is 6.07 Å². The van der Waals surface area contributed by atoms with Gasteiger partial charge in [0.2, 0.25) is 5.88 Å². The number of aryl methyl sites for hydroxylation is 1. The van der Waals surface area contributed by atoms with Gasteiger partial charge in [0.25, 0.3) is 10.0 Å². The van der Waals surface area contributed by atoms with Gasteiger partial charge in [-0.25, -0.2) is 9.97 Å². The predicted molar refractivity (Wildman–Crippen MR) is 140 cm³/mol. The number of anilines is 1. The van der Waals surface area contributed by atoms with Crippen LogP contribution in [-0.2, 0) is 10.0 Å². The van der Waals surface area contributed by atoms with E-state index in [9.17, 15) is 8.42 Å². The third-order valence-corrected chi connectivity index (χ3v) is 6.68. The number of rotatable bonds is 9. The molecule has 0 fully saturated rings. The van der Waals surface area contributed by atoms with Crippen molar-refractivity contribution in [1.29, 1.82) is 0 Å². The number of pyridine rings is 2. The number of sulfonamides is 1. The fraction of sp³-hybridized carbons (Fsp3) is 0.185. The highest BCUT2D eigenvalue weighted by Crippen LogP contribution is 2.37. The number of benzene rings is 1. The molecule has 0 radical (unpaired) electrons. The maximum Gasteiger partial charge on any atom is 0.280 e. The minimum Gasteiger partial charge on any atom is -0.473 e. The van der Waals surface area contributed by atoms with Crippen LogP contribution in [-0.4, -0.2) is 35.0 Å². The van der Waals surface area contributed by atoms with Gasteiger partial charge in [-0.05, 0) is 42.2 Å². The lowest BCUT2D eigenvalue weighted by atomic mass is 10.1. The molecule has 0 unspecified atom stereocenters. The average molecular weight is 502 g/mol. The van der Waals surface area contributed by atoms with E-state index >= 15 is 0 Å². The molecule has 4 rings (SSSR count). The minimum atomic E-state index is -4.07. The van der Waals surface area contributed by atoms with Gasteiger partial charge in [-0.3, -0.25) is 9.71 Å². The molecule has 9 heteroatoms. The van der Waals surface area contributed by atoms with E-state index in [2.05, 4.69) is 31.2 Å². The van der Waals surface area contributed by atoms with Crippen LogP contribution in [0.2, 0.25) is 0 Å². The van der Waals surface area contributed by atoms with Gasteiger partial charge in [0, 0.05) is 24.2 Å². The number of nitrogens with zero attached hydrogens (tertiary/aromatic N) is 4. The summed E-state index contributed by atoms with van der Waals surface area (Å²) in [6.07, 6.45) is 6.39. The molecule has 0 aliphatic rings. The largest absolute Gasteiger partial charge is 0.473 e. The first-order chi connectivity index (χ1) is 17.3. The van der Waals surface area contributed by atoms with E-state index in [1.54, 1.807) is 42.9 Å². The first-order valence-electron chi connectivity index (χ1n) is 11.4. The second-order valence-corrected chi connectivity index (χ2v) is 10.1. The monoisotopic (exact) mass is 501 g/mol. The topological polar surface area (TPSA) is 107 Å². The van der Waals surface area contributed by atoms with Crippen LogP contribution in [0.3, 0.4) is 0 Å². The van der Waals surface area contributed by atoms with E-state index in [0.29, 0.717) is 16.7 Å². The molecule has 0 amide bonds. The molecule has 3 heterocycles. The van der Waals surface area contributed by atoms with Crippen LogP contribution in [0.1, 0.15) is 30.9 Å². The van der Waals surface area contributed by atoms with Crippen molar-refractivity contribution in [3.63, 3.8) is 0 Å². The number of aromatic nitrogens is 4. The van der Waals surface area contributed by atoms with E-state index in [4.69, 9.17) is 4.74 Å². The normalized spacial score (nSPS) is 11.3. The molecule has 0 bridgehead atoms. The average Bonchev–Trinajstić information content (AvgIpc) is 2.88. The molecule has 8 nitrogen and oxygen atoms in total. The van der Waals surface area contributed by atoms with Crippen LogP contribution in [0.25, 0.3) is 22.5 Å². The molecule has 0 spiro atoms. The van der Waals surface area contributed by atoms with E-state index in [0.717, 1.165) is 11.1 Å². The molecule has 0 aliphatic heterocycles. The summed E-state index contributed by atoms with van der Waals surface area (Å²) in [7, 11) is -4.07. The van der Waals surface area contributed by atoms with Gasteiger partial charge in [-0.1, -0.05) is 62.4 Å². The second kappa shape index (κ2) is 10.7. The maximum absolute atomic E-state index is 13.4. The van der Waals surface area contributed by atoms with Gasteiger partial charge in [-0.2, -0.15) is 13.4 Å². The van der Waals surface area contributed by atoms with Crippen molar-refractivity contribution in [3.05, 3.63) is 90.9 Å². The first-order valence-corrected chi connectivity index (χ1v) is 12.9. The Morgan fingerprint density at radius 3 is 2.33 bits per heavy atom. The zero-order chi connectivity index (χ0) is 25.7. The van der Waals surface area contributed by atoms with Crippen LogP contribution >= 0.6 is 0 Å². The highest BCUT2D eigenvalue weighted by atomic mass is 32.2. The zero-order valence-corrected chi connectivity index (χ0v) is 21.2. The third kappa shape index (κ3) is 5.58. The van der Waals surface area contributed by atoms with Crippen molar-refractivity contribution in [2.45, 2.75) is 31.7 Å². The van der Waals surface area contributed by atoms with Gasteiger partial charge in [-0.15, -0.1) is 0 Å². The lowest BCUT2D eigenvalue weighted by Crippen LogP contribution is -2.17. The SMILES string of the molecule is C=CCOc1nc(-c2ccncc2)nc(NS(=O)(=O)c2ccc(C(C)C)cn2)c1-c1ccc(C)cc1. The number of ether oxygens (including phenoxy) is 1. The lowest BCUT2D eigenvalue weighted by molar-refractivity contribution is 0.350. The van der Waals surface area contributed by atoms with Crippen LogP contribution in [0, 0.1) is 6.92 Å². The molecule has 1 N–H and O–H groups in total. The van der Waals surface area contributed by atoms with Gasteiger partial charge in [0.1, 0.15) is 6.61 Å². The van der Waals surface area contributed by atoms with E-state index in [1.807, 2.05) is 45.0 Å². The van der Waals surface area contributed by atoms with Gasteiger partial charge >= 0.3 is 0 Å².